The Labute approximate surface area is 240 Å². The summed E-state index contributed by atoms with van der Waals surface area (Å²) in [6.07, 6.45) is 12.1. The Bertz CT molecular complexity index is 744. The smallest absolute Gasteiger partial charge is 0.231 e. The Kier molecular flexibility index (Phi) is 14.2. The second kappa shape index (κ2) is 16.6. The largest absolute Gasteiger partial charge is 0.351 e. The van der Waals surface area contributed by atoms with Gasteiger partial charge in [0, 0.05) is 43.3 Å². The van der Waals surface area contributed by atoms with Crippen LogP contribution in [0.2, 0.25) is 0 Å². The molecular weight excluding hydrogens is 486 g/mol. The van der Waals surface area contributed by atoms with Crippen LogP contribution in [0.1, 0.15) is 133 Å². The van der Waals surface area contributed by atoms with Gasteiger partial charge in [-0.1, -0.05) is 60.3 Å². The molecule has 39 heavy (non-hydrogen) atoms. The van der Waals surface area contributed by atoms with Gasteiger partial charge in [-0.25, -0.2) is 0 Å². The fraction of sp³-hybridized carbons (Fsp3) is 0.903. The number of aromatic nitrogens is 3. The van der Waals surface area contributed by atoms with Crippen LogP contribution < -0.4 is 15.1 Å². The molecule has 2 rings (SSSR count). The van der Waals surface area contributed by atoms with Crippen molar-refractivity contribution in [3.05, 3.63) is 0 Å². The zero-order valence-corrected chi connectivity index (χ0v) is 27.0. The molecule has 8 heteroatoms. The Morgan fingerprint density at radius 1 is 0.692 bits per heavy atom. The summed E-state index contributed by atoms with van der Waals surface area (Å²) in [5, 5.41) is 6.02. The number of hydrogen-bond acceptors (Lipinski definition) is 8. The molecule has 0 unspecified atom stereocenters. The van der Waals surface area contributed by atoms with Crippen molar-refractivity contribution in [2.75, 3.05) is 47.9 Å². The van der Waals surface area contributed by atoms with Crippen molar-refractivity contribution in [3.8, 4) is 0 Å². The normalized spacial score (nSPS) is 17.4. The van der Waals surface area contributed by atoms with E-state index in [1.54, 1.807) is 0 Å². The summed E-state index contributed by atoms with van der Waals surface area (Å²) < 4.78 is 0. The van der Waals surface area contributed by atoms with E-state index in [1.807, 2.05) is 0 Å². The molecule has 2 heterocycles. The van der Waals surface area contributed by atoms with Gasteiger partial charge < -0.3 is 15.1 Å². The van der Waals surface area contributed by atoms with Crippen molar-refractivity contribution in [2.24, 2.45) is 0 Å². The van der Waals surface area contributed by atoms with Crippen LogP contribution in [0.3, 0.4) is 0 Å². The highest BCUT2D eigenvalue weighted by molar-refractivity contribution is 5.46. The van der Waals surface area contributed by atoms with Gasteiger partial charge in [-0.3, -0.25) is 4.84 Å². The predicted octanol–water partition coefficient (Wildman–Crippen LogP) is 7.46. The minimum atomic E-state index is -0.101. The molecular formula is C31H61N7O. The summed E-state index contributed by atoms with van der Waals surface area (Å²) in [5.41, 5.74) is -0.203. The fourth-order valence-corrected chi connectivity index (χ4v) is 5.80. The lowest BCUT2D eigenvalue weighted by Gasteiger charge is -2.53. The topological polar surface area (TPSA) is 69.7 Å². The number of hydroxylamine groups is 2. The van der Waals surface area contributed by atoms with E-state index in [-0.39, 0.29) is 17.1 Å². The van der Waals surface area contributed by atoms with Gasteiger partial charge in [0.2, 0.25) is 17.8 Å². The van der Waals surface area contributed by atoms with Gasteiger partial charge in [0.1, 0.15) is 0 Å². The second-order valence-electron chi connectivity index (χ2n) is 12.6. The average molecular weight is 548 g/mol. The van der Waals surface area contributed by atoms with E-state index >= 15 is 0 Å². The molecule has 0 atom stereocenters. The van der Waals surface area contributed by atoms with Crippen molar-refractivity contribution in [1.29, 1.82) is 0 Å². The van der Waals surface area contributed by atoms with Gasteiger partial charge in [-0.2, -0.15) is 20.0 Å². The number of nitrogens with one attached hydrogen (secondary N) is 1. The highest BCUT2D eigenvalue weighted by atomic mass is 16.7. The molecule has 0 amide bonds. The van der Waals surface area contributed by atoms with E-state index in [1.165, 1.54) is 0 Å². The second-order valence-corrected chi connectivity index (χ2v) is 12.6. The Morgan fingerprint density at radius 3 is 1.46 bits per heavy atom. The summed E-state index contributed by atoms with van der Waals surface area (Å²) in [7, 11) is 0. The molecule has 1 aromatic rings. The van der Waals surface area contributed by atoms with Crippen molar-refractivity contribution in [2.45, 2.75) is 150 Å². The maximum Gasteiger partial charge on any atom is 0.231 e. The molecule has 226 valence electrons. The summed E-state index contributed by atoms with van der Waals surface area (Å²) in [5.74, 6) is 2.36. The highest BCUT2D eigenvalue weighted by Crippen LogP contribution is 2.39. The molecule has 0 spiro atoms. The van der Waals surface area contributed by atoms with Crippen LogP contribution in [0.4, 0.5) is 17.8 Å². The van der Waals surface area contributed by atoms with Crippen molar-refractivity contribution >= 4 is 17.8 Å². The van der Waals surface area contributed by atoms with Gasteiger partial charge in [0.25, 0.3) is 0 Å². The molecule has 1 N–H and O–H groups in total. The molecule has 1 aliphatic heterocycles. The molecule has 1 fully saturated rings. The standard InChI is InChI=1S/C31H61N7O/c1-10-15-19-36(20-16-11-2)28-33-27(34-29(35-28)37(21-17-12-3)22-18-13-4)32-26-24-30(6,7)38(39-23-14-5)31(8,9)25-26/h26H,10-25H2,1-9H3,(H,32,33,34,35). The van der Waals surface area contributed by atoms with E-state index in [4.69, 9.17) is 19.8 Å². The average Bonchev–Trinajstić information content (AvgIpc) is 2.87. The highest BCUT2D eigenvalue weighted by Gasteiger charge is 2.46. The van der Waals surface area contributed by atoms with Gasteiger partial charge >= 0.3 is 0 Å². The number of nitrogens with zero attached hydrogens (tertiary/aromatic N) is 6. The van der Waals surface area contributed by atoms with Crippen molar-refractivity contribution < 1.29 is 4.84 Å². The molecule has 0 aromatic carbocycles. The Morgan fingerprint density at radius 2 is 1.10 bits per heavy atom. The Balaban J connectivity index is 2.43. The first kappa shape index (κ1) is 33.5. The van der Waals surface area contributed by atoms with Crippen LogP contribution in [-0.4, -0.2) is 69.9 Å². The summed E-state index contributed by atoms with van der Waals surface area (Å²) in [6, 6.07) is 0.249. The summed E-state index contributed by atoms with van der Waals surface area (Å²) in [4.78, 5) is 26.3. The number of unbranched alkanes of at least 4 members (excludes halogenated alkanes) is 4. The number of anilines is 3. The third-order valence-corrected chi connectivity index (χ3v) is 7.65. The SMILES string of the molecule is CCCCN(CCCC)c1nc(NC2CC(C)(C)N(OCCC)C(C)(C)C2)nc(N(CCCC)CCCC)n1. The molecule has 1 aromatic heterocycles. The quantitative estimate of drug-likeness (QED) is 0.191. The first-order valence-electron chi connectivity index (χ1n) is 16.1. The number of piperidine rings is 1. The van der Waals surface area contributed by atoms with Gasteiger partial charge in [0.05, 0.1) is 6.61 Å². The lowest BCUT2D eigenvalue weighted by Crippen LogP contribution is -2.62. The maximum absolute atomic E-state index is 6.26. The van der Waals surface area contributed by atoms with Gasteiger partial charge in [-0.05, 0) is 72.6 Å². The monoisotopic (exact) mass is 547 g/mol. The van der Waals surface area contributed by atoms with Crippen LogP contribution in [0.5, 0.6) is 0 Å². The minimum absolute atomic E-state index is 0.101. The van der Waals surface area contributed by atoms with Crippen LogP contribution in [-0.2, 0) is 4.84 Å². The van der Waals surface area contributed by atoms with Crippen LogP contribution in [0, 0.1) is 0 Å². The number of rotatable bonds is 19. The van der Waals surface area contributed by atoms with Gasteiger partial charge in [0.15, 0.2) is 0 Å². The molecule has 0 radical (unpaired) electrons. The third kappa shape index (κ3) is 10.3. The molecule has 1 saturated heterocycles. The van der Waals surface area contributed by atoms with Crippen LogP contribution >= 0.6 is 0 Å². The first-order chi connectivity index (χ1) is 18.6. The predicted molar refractivity (Wildman–Crippen MR) is 167 cm³/mol. The lowest BCUT2D eigenvalue weighted by molar-refractivity contribution is -0.281. The Hall–Kier alpha value is -1.67. The first-order valence-corrected chi connectivity index (χ1v) is 16.1. The fourth-order valence-electron chi connectivity index (χ4n) is 5.80. The molecule has 0 bridgehead atoms. The van der Waals surface area contributed by atoms with Crippen molar-refractivity contribution in [1.82, 2.24) is 20.0 Å². The molecule has 0 saturated carbocycles. The minimum Gasteiger partial charge on any atom is -0.351 e. The van der Waals surface area contributed by atoms with E-state index in [0.717, 1.165) is 115 Å². The van der Waals surface area contributed by atoms with Crippen molar-refractivity contribution in [3.63, 3.8) is 0 Å². The van der Waals surface area contributed by atoms with Crippen LogP contribution in [0.15, 0.2) is 0 Å². The van der Waals surface area contributed by atoms with E-state index < -0.39 is 0 Å². The van der Waals surface area contributed by atoms with Gasteiger partial charge in [-0.15, -0.1) is 0 Å². The molecule has 0 aliphatic carbocycles. The lowest BCUT2D eigenvalue weighted by atomic mass is 9.79. The molecule has 1 aliphatic rings. The van der Waals surface area contributed by atoms with E-state index in [2.05, 4.69) is 82.5 Å². The molecule has 8 nitrogen and oxygen atoms in total. The third-order valence-electron chi connectivity index (χ3n) is 7.65. The van der Waals surface area contributed by atoms with E-state index in [0.29, 0.717) is 5.95 Å². The zero-order valence-electron chi connectivity index (χ0n) is 27.0. The summed E-state index contributed by atoms with van der Waals surface area (Å²) >= 11 is 0. The van der Waals surface area contributed by atoms with Crippen LogP contribution in [0.25, 0.3) is 0 Å². The maximum atomic E-state index is 6.26. The number of hydrogen-bond donors (Lipinski definition) is 1. The zero-order chi connectivity index (χ0) is 28.9. The van der Waals surface area contributed by atoms with E-state index in [9.17, 15) is 0 Å². The summed E-state index contributed by atoms with van der Waals surface area (Å²) in [6.45, 7) is 25.0.